The monoisotopic (exact) mass is 361 g/mol. The van der Waals surface area contributed by atoms with Crippen LogP contribution in [0.2, 0.25) is 0 Å². The van der Waals surface area contributed by atoms with Gasteiger partial charge in [0.15, 0.2) is 5.17 Å². The fraction of sp³-hybridized carbons (Fsp3) is 0.579. The number of rotatable bonds is 3. The maximum Gasteiger partial charge on any atom is 0.227 e. The van der Waals surface area contributed by atoms with Crippen molar-refractivity contribution in [3.05, 3.63) is 29.6 Å². The van der Waals surface area contributed by atoms with Crippen molar-refractivity contribution in [2.45, 2.75) is 50.5 Å². The molecule has 2 saturated carbocycles. The molecule has 6 heteroatoms. The van der Waals surface area contributed by atoms with Crippen LogP contribution in [-0.4, -0.2) is 16.8 Å². The number of aliphatic imine (C=N–C) groups is 1. The van der Waals surface area contributed by atoms with Gasteiger partial charge in [0.05, 0.1) is 5.54 Å². The molecule has 1 amide bonds. The molecule has 3 N–H and O–H groups in total. The number of fused-ring (bicyclic) bond motifs is 1. The number of thioether (sulfide) groups is 1. The van der Waals surface area contributed by atoms with E-state index in [0.717, 1.165) is 50.7 Å². The van der Waals surface area contributed by atoms with E-state index in [-0.39, 0.29) is 17.6 Å². The molecule has 1 heterocycles. The lowest BCUT2D eigenvalue weighted by molar-refractivity contribution is -0.119. The summed E-state index contributed by atoms with van der Waals surface area (Å²) in [5.74, 6) is 1.07. The highest BCUT2D eigenvalue weighted by Gasteiger charge is 2.48. The first-order valence-corrected chi connectivity index (χ1v) is 10.2. The summed E-state index contributed by atoms with van der Waals surface area (Å²) in [5.41, 5.74) is 6.68. The predicted molar refractivity (Wildman–Crippen MR) is 100 cm³/mol. The molecule has 3 aliphatic rings. The number of amides is 1. The second kappa shape index (κ2) is 6.63. The van der Waals surface area contributed by atoms with Gasteiger partial charge in [-0.05, 0) is 49.8 Å². The lowest BCUT2D eigenvalue weighted by Gasteiger charge is -2.36. The molecule has 4 rings (SSSR count). The summed E-state index contributed by atoms with van der Waals surface area (Å²) in [5, 5.41) is 3.53. The fourth-order valence-corrected chi connectivity index (χ4v) is 5.67. The summed E-state index contributed by atoms with van der Waals surface area (Å²) >= 11 is 1.56. The molecule has 0 saturated heterocycles. The number of carbonyl (C=O) groups is 1. The molecule has 0 bridgehead atoms. The van der Waals surface area contributed by atoms with E-state index in [9.17, 15) is 9.18 Å². The number of hydrogen-bond acceptors (Lipinski definition) is 4. The first-order chi connectivity index (χ1) is 12.1. The second-order valence-corrected chi connectivity index (χ2v) is 8.48. The van der Waals surface area contributed by atoms with Crippen molar-refractivity contribution in [3.63, 3.8) is 0 Å². The van der Waals surface area contributed by atoms with Crippen molar-refractivity contribution >= 4 is 28.5 Å². The van der Waals surface area contributed by atoms with Gasteiger partial charge >= 0.3 is 0 Å². The zero-order chi connectivity index (χ0) is 17.4. The van der Waals surface area contributed by atoms with Crippen molar-refractivity contribution in [2.75, 3.05) is 11.1 Å². The number of anilines is 1. The third-order valence-electron chi connectivity index (χ3n) is 5.95. The number of hydrogen-bond donors (Lipinski definition) is 2. The Morgan fingerprint density at radius 3 is 2.88 bits per heavy atom. The summed E-state index contributed by atoms with van der Waals surface area (Å²) < 4.78 is 14.7. The highest BCUT2D eigenvalue weighted by atomic mass is 32.2. The maximum atomic E-state index is 14.7. The molecule has 2 fully saturated rings. The van der Waals surface area contributed by atoms with Gasteiger partial charge in [-0.2, -0.15) is 0 Å². The molecule has 0 spiro atoms. The Morgan fingerprint density at radius 1 is 1.28 bits per heavy atom. The van der Waals surface area contributed by atoms with E-state index in [1.165, 1.54) is 6.07 Å². The first-order valence-electron chi connectivity index (χ1n) is 9.17. The molecule has 1 aromatic carbocycles. The summed E-state index contributed by atoms with van der Waals surface area (Å²) in [7, 11) is 0. The quantitative estimate of drug-likeness (QED) is 0.855. The molecule has 0 aromatic heterocycles. The predicted octanol–water partition coefficient (Wildman–Crippen LogP) is 4.01. The second-order valence-electron chi connectivity index (χ2n) is 7.44. The van der Waals surface area contributed by atoms with Gasteiger partial charge < -0.3 is 11.1 Å². The third-order valence-corrected chi connectivity index (χ3v) is 6.91. The minimum absolute atomic E-state index is 0.0535. The molecule has 2 atom stereocenters. The van der Waals surface area contributed by atoms with Gasteiger partial charge in [-0.1, -0.05) is 31.0 Å². The molecule has 134 valence electrons. The molecule has 4 nitrogen and oxygen atoms in total. The normalized spacial score (nSPS) is 29.3. The van der Waals surface area contributed by atoms with Gasteiger partial charge in [-0.15, -0.1) is 0 Å². The van der Waals surface area contributed by atoms with Gasteiger partial charge in [-0.3, -0.25) is 9.79 Å². The Kier molecular flexibility index (Phi) is 4.48. The van der Waals surface area contributed by atoms with Crippen LogP contribution >= 0.6 is 11.8 Å². The van der Waals surface area contributed by atoms with Crippen LogP contribution in [-0.2, 0) is 10.3 Å². The fourth-order valence-electron chi connectivity index (χ4n) is 4.63. The zero-order valence-electron chi connectivity index (χ0n) is 14.3. The molecular weight excluding hydrogens is 337 g/mol. The van der Waals surface area contributed by atoms with Crippen LogP contribution < -0.4 is 11.1 Å². The van der Waals surface area contributed by atoms with E-state index in [4.69, 9.17) is 10.7 Å². The van der Waals surface area contributed by atoms with E-state index in [1.807, 2.05) is 0 Å². The molecule has 2 aliphatic carbocycles. The SMILES string of the molecule is NC1=N[C@@]2(c3cc(NC(=O)C4CCCC4)ccc3F)CCC[C@H]2CS1. The van der Waals surface area contributed by atoms with E-state index in [1.54, 1.807) is 23.9 Å². The largest absolute Gasteiger partial charge is 0.379 e. The average Bonchev–Trinajstić information content (AvgIpc) is 3.25. The molecule has 0 unspecified atom stereocenters. The zero-order valence-corrected chi connectivity index (χ0v) is 15.1. The minimum Gasteiger partial charge on any atom is -0.379 e. The average molecular weight is 361 g/mol. The number of nitrogens with zero attached hydrogens (tertiary/aromatic N) is 1. The first kappa shape index (κ1) is 16.9. The minimum atomic E-state index is -0.562. The van der Waals surface area contributed by atoms with Crippen LogP contribution in [0.15, 0.2) is 23.2 Å². The molecule has 0 radical (unpaired) electrons. The number of amidine groups is 1. The Balaban J connectivity index is 1.65. The Bertz CT molecular complexity index is 717. The van der Waals surface area contributed by atoms with Crippen molar-refractivity contribution in [3.8, 4) is 0 Å². The molecule has 1 aliphatic heterocycles. The molecule has 1 aromatic rings. The van der Waals surface area contributed by atoms with Crippen molar-refractivity contribution in [1.29, 1.82) is 0 Å². The van der Waals surface area contributed by atoms with Gasteiger partial charge in [-0.25, -0.2) is 4.39 Å². The Morgan fingerprint density at radius 2 is 2.08 bits per heavy atom. The van der Waals surface area contributed by atoms with Crippen LogP contribution in [0.25, 0.3) is 0 Å². The van der Waals surface area contributed by atoms with Crippen LogP contribution in [0.4, 0.5) is 10.1 Å². The summed E-state index contributed by atoms with van der Waals surface area (Å²) in [6.45, 7) is 0. The van der Waals surface area contributed by atoms with E-state index in [0.29, 0.717) is 22.3 Å². The highest BCUT2D eigenvalue weighted by Crippen LogP contribution is 2.51. The lowest BCUT2D eigenvalue weighted by atomic mass is 9.81. The summed E-state index contributed by atoms with van der Waals surface area (Å²) in [4.78, 5) is 17.1. The topological polar surface area (TPSA) is 67.5 Å². The number of carbonyl (C=O) groups excluding carboxylic acids is 1. The highest BCUT2D eigenvalue weighted by molar-refractivity contribution is 8.13. The van der Waals surface area contributed by atoms with Gasteiger partial charge in [0, 0.05) is 22.9 Å². The summed E-state index contributed by atoms with van der Waals surface area (Å²) in [6.07, 6.45) is 7.01. The van der Waals surface area contributed by atoms with E-state index in [2.05, 4.69) is 5.32 Å². The van der Waals surface area contributed by atoms with Crippen LogP contribution in [0.1, 0.15) is 50.5 Å². The van der Waals surface area contributed by atoms with Gasteiger partial charge in [0.2, 0.25) is 5.91 Å². The number of benzene rings is 1. The Labute approximate surface area is 151 Å². The molecule has 25 heavy (non-hydrogen) atoms. The Hall–Kier alpha value is -1.56. The van der Waals surface area contributed by atoms with Gasteiger partial charge in [0.1, 0.15) is 5.82 Å². The standard InChI is InChI=1S/C19H24FN3OS/c20-16-8-7-14(22-17(24)12-4-1-2-5-12)10-15(16)19-9-3-6-13(19)11-25-18(21)23-19/h7-8,10,12-13H,1-6,9,11H2,(H2,21,23)(H,22,24)/t13-,19-/m0/s1. The van der Waals surface area contributed by atoms with E-state index < -0.39 is 5.54 Å². The van der Waals surface area contributed by atoms with Crippen LogP contribution in [0.3, 0.4) is 0 Å². The van der Waals surface area contributed by atoms with Crippen molar-refractivity contribution in [1.82, 2.24) is 0 Å². The smallest absolute Gasteiger partial charge is 0.227 e. The number of halogens is 1. The van der Waals surface area contributed by atoms with E-state index >= 15 is 0 Å². The van der Waals surface area contributed by atoms with Crippen molar-refractivity contribution < 1.29 is 9.18 Å². The lowest BCUT2D eigenvalue weighted by Crippen LogP contribution is -2.37. The van der Waals surface area contributed by atoms with Gasteiger partial charge in [0.25, 0.3) is 0 Å². The molecular formula is C19H24FN3OS. The van der Waals surface area contributed by atoms with Crippen LogP contribution in [0.5, 0.6) is 0 Å². The number of nitrogens with two attached hydrogens (primary N) is 1. The van der Waals surface area contributed by atoms with Crippen molar-refractivity contribution in [2.24, 2.45) is 22.6 Å². The third kappa shape index (κ3) is 3.05. The number of nitrogens with one attached hydrogen (secondary N) is 1. The summed E-state index contributed by atoms with van der Waals surface area (Å²) in [6, 6.07) is 4.89. The maximum absolute atomic E-state index is 14.7. The van der Waals surface area contributed by atoms with Crippen LogP contribution in [0, 0.1) is 17.7 Å².